The Morgan fingerprint density at radius 2 is 1.87 bits per heavy atom. The van der Waals surface area contributed by atoms with Crippen LogP contribution in [-0.2, 0) is 11.0 Å². The number of nitrogens with zero attached hydrogens (tertiary/aromatic N) is 2. The van der Waals surface area contributed by atoms with E-state index in [2.05, 4.69) is 9.97 Å². The predicted octanol–water partition coefficient (Wildman–Crippen LogP) is 2.27. The average Bonchev–Trinajstić information content (AvgIpc) is 2.14. The number of rotatable bonds is 2. The van der Waals surface area contributed by atoms with E-state index in [-0.39, 0.29) is 5.56 Å². The molecule has 1 rings (SSSR count). The van der Waals surface area contributed by atoms with Crippen LogP contribution < -0.4 is 0 Å². The molecule has 0 spiro atoms. The van der Waals surface area contributed by atoms with Crippen molar-refractivity contribution in [3.05, 3.63) is 29.9 Å². The summed E-state index contributed by atoms with van der Waals surface area (Å²) >= 11 is 4.99. The fraction of sp³-hybridized carbons (Fsp3) is 0.125. The lowest BCUT2D eigenvalue weighted by Gasteiger charge is -2.03. The van der Waals surface area contributed by atoms with Crippen molar-refractivity contribution in [3.63, 3.8) is 0 Å². The number of aromatic nitrogens is 2. The quantitative estimate of drug-likeness (QED) is 0.584. The number of allylic oxidation sites excluding steroid dienone is 1. The first-order valence-electron chi connectivity index (χ1n) is 3.66. The Hall–Kier alpha value is -1.43. The van der Waals surface area contributed by atoms with Gasteiger partial charge in [-0.05, 0) is 23.8 Å². The highest BCUT2D eigenvalue weighted by atomic mass is 35.5. The Morgan fingerprint density at radius 3 is 2.27 bits per heavy atom. The van der Waals surface area contributed by atoms with Crippen LogP contribution in [0.25, 0.3) is 6.08 Å². The van der Waals surface area contributed by atoms with Gasteiger partial charge >= 0.3 is 6.18 Å². The SMILES string of the molecule is O=C(Cl)/C=C/c1cnc(C(F)(F)F)nc1. The molecule has 1 aromatic heterocycles. The molecule has 7 heteroatoms. The zero-order valence-corrected chi connectivity index (χ0v) is 7.88. The van der Waals surface area contributed by atoms with Gasteiger partial charge < -0.3 is 0 Å². The van der Waals surface area contributed by atoms with E-state index in [4.69, 9.17) is 11.6 Å². The van der Waals surface area contributed by atoms with Crippen molar-refractivity contribution in [2.75, 3.05) is 0 Å². The van der Waals surface area contributed by atoms with Crippen LogP contribution in [0.3, 0.4) is 0 Å². The first-order valence-corrected chi connectivity index (χ1v) is 4.04. The van der Waals surface area contributed by atoms with Gasteiger partial charge in [0, 0.05) is 18.0 Å². The summed E-state index contributed by atoms with van der Waals surface area (Å²) in [5.41, 5.74) is 0.261. The monoisotopic (exact) mass is 236 g/mol. The maximum absolute atomic E-state index is 12.0. The van der Waals surface area contributed by atoms with Crippen molar-refractivity contribution in [3.8, 4) is 0 Å². The third-order valence-corrected chi connectivity index (χ3v) is 1.46. The Balaban J connectivity index is 2.86. The number of hydrogen-bond donors (Lipinski definition) is 0. The fourth-order valence-electron chi connectivity index (χ4n) is 0.732. The number of halogens is 4. The second-order valence-corrected chi connectivity index (χ2v) is 2.85. The minimum absolute atomic E-state index is 0.261. The van der Waals surface area contributed by atoms with Crippen molar-refractivity contribution in [2.45, 2.75) is 6.18 Å². The van der Waals surface area contributed by atoms with E-state index >= 15 is 0 Å². The van der Waals surface area contributed by atoms with Crippen LogP contribution in [-0.4, -0.2) is 15.2 Å². The zero-order valence-electron chi connectivity index (χ0n) is 7.12. The van der Waals surface area contributed by atoms with Gasteiger partial charge in [0.2, 0.25) is 11.1 Å². The highest BCUT2D eigenvalue weighted by molar-refractivity contribution is 6.66. The van der Waals surface area contributed by atoms with Gasteiger partial charge in [0.1, 0.15) is 0 Å². The standard InChI is InChI=1S/C8H4ClF3N2O/c9-6(15)2-1-5-3-13-7(14-4-5)8(10,11)12/h1-4H/b2-1+. The van der Waals surface area contributed by atoms with Crippen LogP contribution in [0.5, 0.6) is 0 Å². The van der Waals surface area contributed by atoms with E-state index < -0.39 is 17.2 Å². The zero-order chi connectivity index (χ0) is 11.5. The minimum Gasteiger partial charge on any atom is -0.276 e. The molecule has 0 aliphatic carbocycles. The van der Waals surface area contributed by atoms with E-state index in [1.54, 1.807) is 0 Å². The fourth-order valence-corrected chi connectivity index (χ4v) is 0.795. The molecule has 0 bridgehead atoms. The molecule has 0 N–H and O–H groups in total. The van der Waals surface area contributed by atoms with Gasteiger partial charge in [-0.1, -0.05) is 0 Å². The van der Waals surface area contributed by atoms with Crippen molar-refractivity contribution in [2.24, 2.45) is 0 Å². The van der Waals surface area contributed by atoms with Gasteiger partial charge in [0.15, 0.2) is 0 Å². The summed E-state index contributed by atoms with van der Waals surface area (Å²) in [5, 5.41) is -0.727. The van der Waals surface area contributed by atoms with Crippen LogP contribution in [0.1, 0.15) is 11.4 Å². The molecule has 3 nitrogen and oxygen atoms in total. The second kappa shape index (κ2) is 4.39. The predicted molar refractivity (Wildman–Crippen MR) is 46.9 cm³/mol. The molecule has 0 radical (unpaired) electrons. The number of hydrogen-bond acceptors (Lipinski definition) is 3. The molecule has 0 aliphatic heterocycles. The topological polar surface area (TPSA) is 42.9 Å². The van der Waals surface area contributed by atoms with Crippen molar-refractivity contribution >= 4 is 22.9 Å². The summed E-state index contributed by atoms with van der Waals surface area (Å²) in [6.45, 7) is 0. The van der Waals surface area contributed by atoms with Crippen LogP contribution in [0.2, 0.25) is 0 Å². The summed E-state index contributed by atoms with van der Waals surface area (Å²) in [4.78, 5) is 16.5. The first kappa shape index (κ1) is 11.6. The van der Waals surface area contributed by atoms with Gasteiger partial charge in [-0.25, -0.2) is 9.97 Å². The second-order valence-electron chi connectivity index (χ2n) is 2.48. The molecule has 0 saturated carbocycles. The largest absolute Gasteiger partial charge is 0.451 e. The van der Waals surface area contributed by atoms with Crippen molar-refractivity contribution < 1.29 is 18.0 Å². The average molecular weight is 237 g/mol. The summed E-state index contributed by atoms with van der Waals surface area (Å²) in [6, 6.07) is 0. The highest BCUT2D eigenvalue weighted by Gasteiger charge is 2.34. The lowest BCUT2D eigenvalue weighted by molar-refractivity contribution is -0.145. The number of carbonyl (C=O) groups excluding carboxylic acids is 1. The first-order chi connectivity index (χ1) is 6.89. The lowest BCUT2D eigenvalue weighted by Crippen LogP contribution is -2.10. The Labute approximate surface area is 87.6 Å². The molecular formula is C8H4ClF3N2O. The number of alkyl halides is 3. The van der Waals surface area contributed by atoms with Gasteiger partial charge in [-0.15, -0.1) is 0 Å². The molecule has 0 fully saturated rings. The molecule has 0 amide bonds. The van der Waals surface area contributed by atoms with E-state index in [1.165, 1.54) is 6.08 Å². The Bertz CT molecular complexity index is 386. The highest BCUT2D eigenvalue weighted by Crippen LogP contribution is 2.25. The van der Waals surface area contributed by atoms with Crippen LogP contribution in [0.4, 0.5) is 13.2 Å². The smallest absolute Gasteiger partial charge is 0.276 e. The number of carbonyl (C=O) groups is 1. The maximum Gasteiger partial charge on any atom is 0.451 e. The molecule has 0 unspecified atom stereocenters. The van der Waals surface area contributed by atoms with Crippen LogP contribution >= 0.6 is 11.6 Å². The molecule has 0 aromatic carbocycles. The van der Waals surface area contributed by atoms with E-state index in [1.807, 2.05) is 0 Å². The van der Waals surface area contributed by atoms with Crippen LogP contribution in [0, 0.1) is 0 Å². The van der Waals surface area contributed by atoms with E-state index in [0.717, 1.165) is 18.5 Å². The Kier molecular flexibility index (Phi) is 3.41. The molecule has 0 atom stereocenters. The van der Waals surface area contributed by atoms with Crippen molar-refractivity contribution in [1.29, 1.82) is 0 Å². The van der Waals surface area contributed by atoms with Gasteiger partial charge in [-0.3, -0.25) is 4.79 Å². The third-order valence-electron chi connectivity index (χ3n) is 1.33. The maximum atomic E-state index is 12.0. The van der Waals surface area contributed by atoms with E-state index in [9.17, 15) is 18.0 Å². The molecule has 0 aliphatic rings. The van der Waals surface area contributed by atoms with Crippen LogP contribution in [0.15, 0.2) is 18.5 Å². The Morgan fingerprint density at radius 1 is 1.33 bits per heavy atom. The molecular weight excluding hydrogens is 233 g/mol. The van der Waals surface area contributed by atoms with Gasteiger partial charge in [0.05, 0.1) is 0 Å². The molecule has 1 heterocycles. The third kappa shape index (κ3) is 3.67. The summed E-state index contributed by atoms with van der Waals surface area (Å²) in [5.74, 6) is -1.23. The minimum atomic E-state index is -4.56. The van der Waals surface area contributed by atoms with Gasteiger partial charge in [-0.2, -0.15) is 13.2 Å². The van der Waals surface area contributed by atoms with Gasteiger partial charge in [0.25, 0.3) is 0 Å². The van der Waals surface area contributed by atoms with Crippen molar-refractivity contribution in [1.82, 2.24) is 9.97 Å². The summed E-state index contributed by atoms with van der Waals surface area (Å²) in [7, 11) is 0. The lowest BCUT2D eigenvalue weighted by atomic mass is 10.3. The summed E-state index contributed by atoms with van der Waals surface area (Å²) in [6.07, 6.45) is -0.453. The molecule has 80 valence electrons. The molecule has 1 aromatic rings. The van der Waals surface area contributed by atoms with E-state index in [0.29, 0.717) is 0 Å². The normalized spacial score (nSPS) is 12.0. The molecule has 0 saturated heterocycles. The summed E-state index contributed by atoms with van der Waals surface area (Å²) < 4.78 is 36.0. The molecule has 15 heavy (non-hydrogen) atoms.